The van der Waals surface area contributed by atoms with Crippen LogP contribution in [0, 0.1) is 5.92 Å². The number of rotatable bonds is 2. The van der Waals surface area contributed by atoms with Crippen molar-refractivity contribution in [2.45, 2.75) is 57.8 Å². The van der Waals surface area contributed by atoms with Crippen LogP contribution in [0.15, 0.2) is 0 Å². The average Bonchev–Trinajstić information content (AvgIpc) is 2.19. The van der Waals surface area contributed by atoms with Gasteiger partial charge in [0, 0.05) is 0 Å². The van der Waals surface area contributed by atoms with Crippen LogP contribution in [0.2, 0.25) is 0 Å². The predicted molar refractivity (Wildman–Crippen MR) is 51.0 cm³/mol. The molecule has 1 aliphatic rings. The third kappa shape index (κ3) is 4.08. The second-order valence-corrected chi connectivity index (χ2v) is 4.04. The first-order valence-electron chi connectivity index (χ1n) is 5.49. The summed E-state index contributed by atoms with van der Waals surface area (Å²) >= 11 is 0. The van der Waals surface area contributed by atoms with Gasteiger partial charge in [-0.15, -0.1) is 0 Å². The molecule has 1 heteroatoms. The van der Waals surface area contributed by atoms with E-state index in [1.54, 1.807) is 0 Å². The van der Waals surface area contributed by atoms with Crippen LogP contribution in [0.3, 0.4) is 0 Å². The van der Waals surface area contributed by atoms with Gasteiger partial charge in [-0.25, -0.2) is 0 Å². The van der Waals surface area contributed by atoms with E-state index in [1.165, 1.54) is 51.4 Å². The summed E-state index contributed by atoms with van der Waals surface area (Å²) in [5.41, 5.74) is 0. The predicted octanol–water partition coefficient (Wildman–Crippen LogP) is 4.10. The fraction of sp³-hybridized carbons (Fsp3) is 1.00. The topological polar surface area (TPSA) is 0 Å². The highest BCUT2D eigenvalue weighted by Gasteiger charge is 2.09. The van der Waals surface area contributed by atoms with E-state index >= 15 is 0 Å². The Balaban J connectivity index is 2.19. The van der Waals surface area contributed by atoms with Crippen molar-refractivity contribution in [3.63, 3.8) is 0 Å². The fourth-order valence-corrected chi connectivity index (χ4v) is 2.16. The van der Waals surface area contributed by atoms with Gasteiger partial charge in [0.25, 0.3) is 0 Å². The van der Waals surface area contributed by atoms with E-state index in [4.69, 9.17) is 0 Å². The van der Waals surface area contributed by atoms with Crippen molar-refractivity contribution in [2.75, 3.05) is 6.67 Å². The maximum absolute atomic E-state index is 12.1. The molecule has 0 aromatic carbocycles. The van der Waals surface area contributed by atoms with Gasteiger partial charge in [0.1, 0.15) is 0 Å². The third-order valence-electron chi connectivity index (χ3n) is 2.99. The summed E-state index contributed by atoms with van der Waals surface area (Å²) in [4.78, 5) is 0. The van der Waals surface area contributed by atoms with Gasteiger partial charge in [-0.3, -0.25) is 4.39 Å². The van der Waals surface area contributed by atoms with Crippen LogP contribution in [-0.4, -0.2) is 6.67 Å². The van der Waals surface area contributed by atoms with Crippen LogP contribution >= 0.6 is 0 Å². The molecule has 0 heterocycles. The Hall–Kier alpha value is -0.0700. The molecule has 0 aliphatic heterocycles. The number of hydrogen-bond donors (Lipinski definition) is 0. The van der Waals surface area contributed by atoms with Crippen molar-refractivity contribution in [1.29, 1.82) is 0 Å². The zero-order valence-corrected chi connectivity index (χ0v) is 8.03. The Kier molecular flexibility index (Phi) is 5.38. The van der Waals surface area contributed by atoms with E-state index in [-0.39, 0.29) is 6.67 Å². The molecule has 0 spiro atoms. The van der Waals surface area contributed by atoms with E-state index in [1.807, 2.05) is 0 Å². The van der Waals surface area contributed by atoms with Gasteiger partial charge in [0.05, 0.1) is 6.67 Å². The molecule has 72 valence electrons. The Bertz CT molecular complexity index is 91.2. The van der Waals surface area contributed by atoms with Gasteiger partial charge in [0.2, 0.25) is 0 Å². The van der Waals surface area contributed by atoms with E-state index < -0.39 is 0 Å². The fourth-order valence-electron chi connectivity index (χ4n) is 2.16. The molecule has 0 unspecified atom stereocenters. The molecule has 0 radical (unpaired) electrons. The normalized spacial score (nSPS) is 22.8. The third-order valence-corrected chi connectivity index (χ3v) is 2.99. The summed E-state index contributed by atoms with van der Waals surface area (Å²) in [6, 6.07) is 0. The molecule has 0 bridgehead atoms. The lowest BCUT2D eigenvalue weighted by molar-refractivity contribution is 0.343. The van der Waals surface area contributed by atoms with Gasteiger partial charge in [-0.2, -0.15) is 0 Å². The smallest absolute Gasteiger partial charge is 0.0897 e. The Labute approximate surface area is 75.5 Å². The highest BCUT2D eigenvalue weighted by molar-refractivity contribution is 4.62. The average molecular weight is 172 g/mol. The van der Waals surface area contributed by atoms with Crippen LogP contribution in [0.4, 0.5) is 4.39 Å². The van der Waals surface area contributed by atoms with Crippen LogP contribution in [0.5, 0.6) is 0 Å². The molecular weight excluding hydrogens is 151 g/mol. The molecule has 0 N–H and O–H groups in total. The molecule has 1 saturated carbocycles. The lowest BCUT2D eigenvalue weighted by Gasteiger charge is -2.12. The summed E-state index contributed by atoms with van der Waals surface area (Å²) in [6.45, 7) is -0.106. The lowest BCUT2D eigenvalue weighted by Crippen LogP contribution is -2.01. The Morgan fingerprint density at radius 3 is 1.83 bits per heavy atom. The molecule has 1 rings (SSSR count). The van der Waals surface area contributed by atoms with Gasteiger partial charge >= 0.3 is 0 Å². The van der Waals surface area contributed by atoms with Crippen molar-refractivity contribution < 1.29 is 4.39 Å². The molecule has 1 fully saturated rings. The van der Waals surface area contributed by atoms with Crippen molar-refractivity contribution in [3.05, 3.63) is 0 Å². The van der Waals surface area contributed by atoms with Crippen LogP contribution in [0.25, 0.3) is 0 Å². The summed E-state index contributed by atoms with van der Waals surface area (Å²) < 4.78 is 12.1. The first-order valence-corrected chi connectivity index (χ1v) is 5.49. The van der Waals surface area contributed by atoms with Gasteiger partial charge in [-0.05, 0) is 12.3 Å². The second kappa shape index (κ2) is 6.45. The molecule has 0 aromatic heterocycles. The summed E-state index contributed by atoms with van der Waals surface area (Å²) in [5.74, 6) is 0.702. The van der Waals surface area contributed by atoms with Gasteiger partial charge < -0.3 is 0 Å². The molecule has 0 amide bonds. The van der Waals surface area contributed by atoms with Crippen molar-refractivity contribution >= 4 is 0 Å². The van der Waals surface area contributed by atoms with Crippen molar-refractivity contribution in [2.24, 2.45) is 5.92 Å². The molecule has 0 aromatic rings. The standard InChI is InChI=1S/C11H21F/c12-10-9-11-7-5-3-1-2-4-6-8-11/h11H,1-10H2. The number of halogens is 1. The van der Waals surface area contributed by atoms with Crippen molar-refractivity contribution in [1.82, 2.24) is 0 Å². The first kappa shape index (κ1) is 10.0. The zero-order valence-electron chi connectivity index (χ0n) is 8.03. The summed E-state index contributed by atoms with van der Waals surface area (Å²) in [6.07, 6.45) is 11.6. The minimum Gasteiger partial charge on any atom is -0.251 e. The molecule has 1 aliphatic carbocycles. The number of hydrogen-bond acceptors (Lipinski definition) is 0. The largest absolute Gasteiger partial charge is 0.251 e. The number of alkyl halides is 1. The monoisotopic (exact) mass is 172 g/mol. The van der Waals surface area contributed by atoms with E-state index in [2.05, 4.69) is 0 Å². The zero-order chi connectivity index (χ0) is 8.65. The molecule has 12 heavy (non-hydrogen) atoms. The van der Waals surface area contributed by atoms with E-state index in [9.17, 15) is 4.39 Å². The highest BCUT2D eigenvalue weighted by Crippen LogP contribution is 2.23. The minimum atomic E-state index is -0.106. The maximum atomic E-state index is 12.1. The second-order valence-electron chi connectivity index (χ2n) is 4.04. The first-order chi connectivity index (χ1) is 5.93. The minimum absolute atomic E-state index is 0.106. The van der Waals surface area contributed by atoms with Crippen LogP contribution in [0.1, 0.15) is 57.8 Å². The Morgan fingerprint density at radius 2 is 1.33 bits per heavy atom. The SMILES string of the molecule is FCCC1CCCCCCCC1. The summed E-state index contributed by atoms with van der Waals surface area (Å²) in [7, 11) is 0. The molecule has 0 nitrogen and oxygen atoms in total. The quantitative estimate of drug-likeness (QED) is 0.588. The lowest BCUT2D eigenvalue weighted by atomic mass is 9.94. The van der Waals surface area contributed by atoms with Gasteiger partial charge in [0.15, 0.2) is 0 Å². The Morgan fingerprint density at radius 1 is 0.833 bits per heavy atom. The van der Waals surface area contributed by atoms with Crippen LogP contribution < -0.4 is 0 Å². The summed E-state index contributed by atoms with van der Waals surface area (Å²) in [5, 5.41) is 0. The van der Waals surface area contributed by atoms with Crippen molar-refractivity contribution in [3.8, 4) is 0 Å². The maximum Gasteiger partial charge on any atom is 0.0897 e. The van der Waals surface area contributed by atoms with Gasteiger partial charge in [-0.1, -0.05) is 51.4 Å². The molecule has 0 saturated heterocycles. The van der Waals surface area contributed by atoms with E-state index in [0.29, 0.717) is 5.92 Å². The van der Waals surface area contributed by atoms with E-state index in [0.717, 1.165) is 6.42 Å². The molecular formula is C11H21F. The van der Waals surface area contributed by atoms with Crippen LogP contribution in [-0.2, 0) is 0 Å². The molecule has 0 atom stereocenters. The highest BCUT2D eigenvalue weighted by atomic mass is 19.1.